The average molecular weight is 510 g/mol. The van der Waals surface area contributed by atoms with Gasteiger partial charge in [-0.05, 0) is 40.5 Å². The Morgan fingerprint density at radius 1 is 0.973 bits per heavy atom. The van der Waals surface area contributed by atoms with Gasteiger partial charge in [-0.3, -0.25) is 14.9 Å². The van der Waals surface area contributed by atoms with Crippen LogP contribution in [-0.4, -0.2) is 47.9 Å². The van der Waals surface area contributed by atoms with Crippen LogP contribution in [0, 0.1) is 0 Å². The number of piperazine rings is 1. The number of carbonyl (C=O) groups excluding carboxylic acids is 2. The molecule has 3 aromatic carbocycles. The van der Waals surface area contributed by atoms with Crippen molar-refractivity contribution in [3.8, 4) is 11.1 Å². The molecule has 0 bridgehead atoms. The molecule has 8 heteroatoms. The zero-order valence-electron chi connectivity index (χ0n) is 20.3. The van der Waals surface area contributed by atoms with E-state index in [0.29, 0.717) is 17.2 Å². The van der Waals surface area contributed by atoms with Crippen LogP contribution in [0.25, 0.3) is 11.1 Å². The molecule has 1 atom stereocenters. The number of fused-ring (bicyclic) bond motifs is 1. The van der Waals surface area contributed by atoms with Crippen LogP contribution in [0.3, 0.4) is 0 Å². The maximum Gasteiger partial charge on any atom is 0.255 e. The molecule has 7 nitrogen and oxygen atoms in total. The molecule has 2 N–H and O–H groups in total. The van der Waals surface area contributed by atoms with Gasteiger partial charge in [0.15, 0.2) is 5.13 Å². The van der Waals surface area contributed by atoms with Gasteiger partial charge in [0, 0.05) is 55.6 Å². The van der Waals surface area contributed by atoms with Gasteiger partial charge in [0.25, 0.3) is 11.8 Å². The van der Waals surface area contributed by atoms with Gasteiger partial charge in [0.2, 0.25) is 0 Å². The molecule has 37 heavy (non-hydrogen) atoms. The number of rotatable bonds is 6. The Bertz CT molecular complexity index is 1400. The van der Waals surface area contributed by atoms with E-state index in [9.17, 15) is 9.59 Å². The molecule has 2 aliphatic heterocycles. The van der Waals surface area contributed by atoms with Gasteiger partial charge in [0.05, 0.1) is 0 Å². The van der Waals surface area contributed by atoms with Crippen LogP contribution >= 0.6 is 11.3 Å². The van der Waals surface area contributed by atoms with Crippen LogP contribution in [0.4, 0.5) is 10.8 Å². The molecule has 0 saturated carbocycles. The highest BCUT2D eigenvalue weighted by Gasteiger charge is 2.37. The molecule has 4 aromatic rings. The maximum atomic E-state index is 13.7. The highest BCUT2D eigenvalue weighted by Crippen LogP contribution is 2.35. The summed E-state index contributed by atoms with van der Waals surface area (Å²) in [6.07, 6.45) is 1.65. The first-order valence-corrected chi connectivity index (χ1v) is 13.3. The summed E-state index contributed by atoms with van der Waals surface area (Å²) in [5, 5.41) is 8.59. The van der Waals surface area contributed by atoms with Gasteiger partial charge in [-0.1, -0.05) is 54.6 Å². The molecule has 2 aliphatic rings. The number of thiazole rings is 1. The second-order valence-corrected chi connectivity index (χ2v) is 10.1. The van der Waals surface area contributed by atoms with Crippen molar-refractivity contribution in [1.29, 1.82) is 0 Å². The summed E-state index contributed by atoms with van der Waals surface area (Å²) in [6.45, 7) is 4.37. The number of hydrogen-bond acceptors (Lipinski definition) is 6. The number of benzene rings is 3. The van der Waals surface area contributed by atoms with Crippen molar-refractivity contribution in [2.75, 3.05) is 36.4 Å². The van der Waals surface area contributed by atoms with Crippen LogP contribution in [0.15, 0.2) is 84.4 Å². The third-order valence-electron chi connectivity index (χ3n) is 6.96. The number of nitrogens with zero attached hydrogens (tertiary/aromatic N) is 3. The molecule has 1 saturated heterocycles. The zero-order chi connectivity index (χ0) is 25.2. The predicted molar refractivity (Wildman–Crippen MR) is 147 cm³/mol. The fourth-order valence-electron chi connectivity index (χ4n) is 5.07. The van der Waals surface area contributed by atoms with E-state index in [-0.39, 0.29) is 11.8 Å². The van der Waals surface area contributed by atoms with Crippen LogP contribution in [0.5, 0.6) is 0 Å². The zero-order valence-corrected chi connectivity index (χ0v) is 21.1. The standard InChI is InChI=1S/C29H27N5O2S/c35-27(32-29-31-14-17-37-29)26(21-4-2-1-3-5-21)34-19-23-7-6-22(18-25(23)28(34)36)20-8-10-24(11-9-20)33-15-12-30-13-16-33/h1-11,14,17-18,26,30H,12-13,15-16,19H2,(H,31,32,35)/t26-/m0/s1. The summed E-state index contributed by atoms with van der Waals surface area (Å²) in [5.41, 5.74) is 5.60. The van der Waals surface area contributed by atoms with E-state index in [1.54, 1.807) is 11.1 Å². The van der Waals surface area contributed by atoms with E-state index in [2.05, 4.69) is 50.8 Å². The molecule has 6 rings (SSSR count). The average Bonchev–Trinajstić information content (AvgIpc) is 3.58. The van der Waals surface area contributed by atoms with Crippen molar-refractivity contribution in [3.63, 3.8) is 0 Å². The number of aromatic nitrogens is 1. The second kappa shape index (κ2) is 10.2. The normalized spacial score (nSPS) is 15.9. The Hall–Kier alpha value is -4.01. The number of nitrogens with one attached hydrogen (secondary N) is 2. The van der Waals surface area contributed by atoms with E-state index in [0.717, 1.165) is 48.4 Å². The van der Waals surface area contributed by atoms with Gasteiger partial charge < -0.3 is 15.1 Å². The van der Waals surface area contributed by atoms with Crippen molar-refractivity contribution < 1.29 is 9.59 Å². The fraction of sp³-hybridized carbons (Fsp3) is 0.207. The van der Waals surface area contributed by atoms with E-state index in [1.807, 2.05) is 47.8 Å². The van der Waals surface area contributed by atoms with Gasteiger partial charge in [-0.2, -0.15) is 0 Å². The summed E-state index contributed by atoms with van der Waals surface area (Å²) in [5.74, 6) is -0.413. The largest absolute Gasteiger partial charge is 0.369 e. The Morgan fingerprint density at radius 3 is 2.46 bits per heavy atom. The smallest absolute Gasteiger partial charge is 0.255 e. The Kier molecular flexibility index (Phi) is 6.42. The minimum Gasteiger partial charge on any atom is -0.369 e. The SMILES string of the molecule is O=C(Nc1nccs1)[C@H](c1ccccc1)N1Cc2ccc(-c3ccc(N4CCNCC4)cc3)cc2C1=O. The molecule has 0 spiro atoms. The van der Waals surface area contributed by atoms with Gasteiger partial charge in [0.1, 0.15) is 6.04 Å². The summed E-state index contributed by atoms with van der Waals surface area (Å²) in [4.78, 5) is 35.3. The summed E-state index contributed by atoms with van der Waals surface area (Å²) >= 11 is 1.35. The number of hydrogen-bond donors (Lipinski definition) is 2. The number of amides is 2. The van der Waals surface area contributed by atoms with Crippen molar-refractivity contribution in [3.05, 3.63) is 101 Å². The first kappa shape index (κ1) is 23.4. The molecule has 2 amide bonds. The van der Waals surface area contributed by atoms with Crippen LogP contribution in [-0.2, 0) is 11.3 Å². The Labute approximate surface area is 219 Å². The third kappa shape index (κ3) is 4.73. The molecular formula is C29H27N5O2S. The fourth-order valence-corrected chi connectivity index (χ4v) is 5.60. The molecule has 1 aromatic heterocycles. The lowest BCUT2D eigenvalue weighted by atomic mass is 10.00. The lowest BCUT2D eigenvalue weighted by molar-refractivity contribution is -0.120. The maximum absolute atomic E-state index is 13.7. The first-order valence-electron chi connectivity index (χ1n) is 12.4. The predicted octanol–water partition coefficient (Wildman–Crippen LogP) is 4.56. The van der Waals surface area contributed by atoms with Crippen molar-refractivity contribution >= 4 is 34.0 Å². The van der Waals surface area contributed by atoms with E-state index in [4.69, 9.17) is 0 Å². The van der Waals surface area contributed by atoms with Gasteiger partial charge in [-0.15, -0.1) is 11.3 Å². The topological polar surface area (TPSA) is 77.6 Å². The second-order valence-electron chi connectivity index (χ2n) is 9.23. The monoisotopic (exact) mass is 509 g/mol. The highest BCUT2D eigenvalue weighted by molar-refractivity contribution is 7.13. The molecule has 0 radical (unpaired) electrons. The lowest BCUT2D eigenvalue weighted by Crippen LogP contribution is -2.43. The van der Waals surface area contributed by atoms with Crippen molar-refractivity contribution in [1.82, 2.24) is 15.2 Å². The minimum atomic E-state index is -0.758. The number of carbonyl (C=O) groups is 2. The number of anilines is 2. The van der Waals surface area contributed by atoms with Crippen LogP contribution in [0.2, 0.25) is 0 Å². The molecule has 186 valence electrons. The van der Waals surface area contributed by atoms with Gasteiger partial charge in [-0.25, -0.2) is 4.98 Å². The summed E-state index contributed by atoms with van der Waals surface area (Å²) in [6, 6.07) is 23.2. The highest BCUT2D eigenvalue weighted by atomic mass is 32.1. The van der Waals surface area contributed by atoms with E-state index in [1.165, 1.54) is 17.0 Å². The Balaban J connectivity index is 1.26. The Morgan fingerprint density at radius 2 is 1.73 bits per heavy atom. The first-order chi connectivity index (χ1) is 18.2. The molecule has 1 fully saturated rings. The molecule has 3 heterocycles. The quantitative estimate of drug-likeness (QED) is 0.399. The van der Waals surface area contributed by atoms with E-state index >= 15 is 0 Å². The van der Waals surface area contributed by atoms with Gasteiger partial charge >= 0.3 is 0 Å². The lowest BCUT2D eigenvalue weighted by Gasteiger charge is -2.29. The van der Waals surface area contributed by atoms with Crippen molar-refractivity contribution in [2.24, 2.45) is 0 Å². The molecule has 0 unspecified atom stereocenters. The van der Waals surface area contributed by atoms with Crippen LogP contribution in [0.1, 0.15) is 27.5 Å². The van der Waals surface area contributed by atoms with Crippen LogP contribution < -0.4 is 15.5 Å². The third-order valence-corrected chi connectivity index (χ3v) is 7.65. The van der Waals surface area contributed by atoms with Crippen molar-refractivity contribution in [2.45, 2.75) is 12.6 Å². The molecular weight excluding hydrogens is 482 g/mol. The summed E-state index contributed by atoms with van der Waals surface area (Å²) in [7, 11) is 0. The minimum absolute atomic E-state index is 0.141. The molecule has 0 aliphatic carbocycles. The summed E-state index contributed by atoms with van der Waals surface area (Å²) < 4.78 is 0. The van der Waals surface area contributed by atoms with E-state index < -0.39 is 6.04 Å².